The van der Waals surface area contributed by atoms with Gasteiger partial charge in [0.05, 0.1) is 6.04 Å². The number of rotatable bonds is 4. The molecule has 2 aromatic heterocycles. The van der Waals surface area contributed by atoms with Gasteiger partial charge in [-0.05, 0) is 24.1 Å². The van der Waals surface area contributed by atoms with Gasteiger partial charge in [0, 0.05) is 18.8 Å². The molecule has 100 valence electrons. The molecule has 4 nitrogen and oxygen atoms in total. The number of hydrogen-bond donors (Lipinski definition) is 0. The van der Waals surface area contributed by atoms with E-state index in [2.05, 4.69) is 57.0 Å². The van der Waals surface area contributed by atoms with Crippen molar-refractivity contribution in [2.45, 2.75) is 19.4 Å². The van der Waals surface area contributed by atoms with Crippen molar-refractivity contribution < 1.29 is 0 Å². The lowest BCUT2D eigenvalue weighted by Gasteiger charge is -2.15. The fourth-order valence-corrected chi connectivity index (χ4v) is 2.29. The van der Waals surface area contributed by atoms with E-state index in [1.807, 2.05) is 18.3 Å². The van der Waals surface area contributed by atoms with Crippen LogP contribution in [-0.4, -0.2) is 19.7 Å². The van der Waals surface area contributed by atoms with Crippen LogP contribution < -0.4 is 0 Å². The molecule has 0 N–H and O–H groups in total. The highest BCUT2D eigenvalue weighted by Crippen LogP contribution is 2.19. The predicted octanol–water partition coefficient (Wildman–Crippen LogP) is 2.87. The van der Waals surface area contributed by atoms with Gasteiger partial charge in [-0.25, -0.2) is 0 Å². The van der Waals surface area contributed by atoms with E-state index in [0.717, 1.165) is 17.8 Å². The highest BCUT2D eigenvalue weighted by atomic mass is 15.3. The summed E-state index contributed by atoms with van der Waals surface area (Å²) >= 11 is 0. The van der Waals surface area contributed by atoms with Crippen molar-refractivity contribution >= 4 is 0 Å². The third-order valence-corrected chi connectivity index (χ3v) is 3.43. The van der Waals surface area contributed by atoms with Gasteiger partial charge in [0.2, 0.25) is 0 Å². The topological polar surface area (TPSA) is 43.6 Å². The van der Waals surface area contributed by atoms with Crippen LogP contribution in [0.25, 0.3) is 0 Å². The van der Waals surface area contributed by atoms with Gasteiger partial charge in [-0.2, -0.15) is 0 Å². The average Bonchev–Trinajstić information content (AvgIpc) is 2.96. The Morgan fingerprint density at radius 3 is 2.70 bits per heavy atom. The standard InChI is InChI=1S/C16H16N4/c1-13(15-7-3-2-4-8-15)20-12-18-19-16(20)10-14-6-5-9-17-11-14/h2-9,11-13H,10H2,1H3/t13-/m0/s1. The molecule has 0 unspecified atom stereocenters. The van der Waals surface area contributed by atoms with Gasteiger partial charge in [0.25, 0.3) is 0 Å². The zero-order chi connectivity index (χ0) is 13.8. The lowest BCUT2D eigenvalue weighted by atomic mass is 10.1. The van der Waals surface area contributed by atoms with Gasteiger partial charge >= 0.3 is 0 Å². The summed E-state index contributed by atoms with van der Waals surface area (Å²) < 4.78 is 2.11. The second-order valence-corrected chi connectivity index (χ2v) is 4.78. The van der Waals surface area contributed by atoms with Crippen LogP contribution in [-0.2, 0) is 6.42 Å². The second kappa shape index (κ2) is 5.65. The molecule has 3 aromatic rings. The first-order valence-corrected chi connectivity index (χ1v) is 6.67. The number of hydrogen-bond acceptors (Lipinski definition) is 3. The monoisotopic (exact) mass is 264 g/mol. The van der Waals surface area contributed by atoms with Gasteiger partial charge in [0.15, 0.2) is 0 Å². The molecule has 4 heteroatoms. The summed E-state index contributed by atoms with van der Waals surface area (Å²) in [7, 11) is 0. The summed E-state index contributed by atoms with van der Waals surface area (Å²) in [6.45, 7) is 2.16. The Bertz CT molecular complexity index is 661. The summed E-state index contributed by atoms with van der Waals surface area (Å²) in [6, 6.07) is 14.6. The van der Waals surface area contributed by atoms with E-state index >= 15 is 0 Å². The molecule has 0 bridgehead atoms. The Balaban J connectivity index is 1.87. The lowest BCUT2D eigenvalue weighted by Crippen LogP contribution is -2.10. The minimum Gasteiger partial charge on any atom is -0.310 e. The van der Waals surface area contributed by atoms with Crippen LogP contribution in [0.15, 0.2) is 61.2 Å². The van der Waals surface area contributed by atoms with Crippen LogP contribution in [0.5, 0.6) is 0 Å². The van der Waals surface area contributed by atoms with Crippen molar-refractivity contribution in [3.05, 3.63) is 78.1 Å². The van der Waals surface area contributed by atoms with Crippen molar-refractivity contribution in [1.82, 2.24) is 19.7 Å². The normalized spacial score (nSPS) is 12.2. The van der Waals surface area contributed by atoms with Gasteiger partial charge < -0.3 is 4.57 Å². The van der Waals surface area contributed by atoms with E-state index in [4.69, 9.17) is 0 Å². The zero-order valence-electron chi connectivity index (χ0n) is 11.3. The molecule has 0 saturated heterocycles. The maximum Gasteiger partial charge on any atom is 0.137 e. The Morgan fingerprint density at radius 2 is 1.95 bits per heavy atom. The van der Waals surface area contributed by atoms with Crippen molar-refractivity contribution in [2.75, 3.05) is 0 Å². The van der Waals surface area contributed by atoms with Crippen molar-refractivity contribution in [1.29, 1.82) is 0 Å². The summed E-state index contributed by atoms with van der Waals surface area (Å²) in [5.41, 5.74) is 2.39. The third kappa shape index (κ3) is 2.59. The molecule has 0 amide bonds. The lowest BCUT2D eigenvalue weighted by molar-refractivity contribution is 0.608. The molecular weight excluding hydrogens is 248 g/mol. The molecule has 2 heterocycles. The Morgan fingerprint density at radius 1 is 1.10 bits per heavy atom. The zero-order valence-corrected chi connectivity index (χ0v) is 11.3. The third-order valence-electron chi connectivity index (χ3n) is 3.43. The van der Waals surface area contributed by atoms with Gasteiger partial charge in [0.1, 0.15) is 12.2 Å². The highest BCUT2D eigenvalue weighted by molar-refractivity contribution is 5.21. The fourth-order valence-electron chi connectivity index (χ4n) is 2.29. The Labute approximate surface area is 118 Å². The molecular formula is C16H16N4. The molecule has 0 aliphatic carbocycles. The first-order chi connectivity index (χ1) is 9.84. The minimum atomic E-state index is 0.220. The van der Waals surface area contributed by atoms with Crippen LogP contribution >= 0.6 is 0 Å². The van der Waals surface area contributed by atoms with Crippen LogP contribution in [0, 0.1) is 0 Å². The predicted molar refractivity (Wildman–Crippen MR) is 77.3 cm³/mol. The summed E-state index contributed by atoms with van der Waals surface area (Å²) in [5.74, 6) is 0.953. The maximum atomic E-state index is 4.24. The van der Waals surface area contributed by atoms with E-state index < -0.39 is 0 Å². The van der Waals surface area contributed by atoms with Gasteiger partial charge in [-0.15, -0.1) is 10.2 Å². The molecule has 0 fully saturated rings. The van der Waals surface area contributed by atoms with Crippen LogP contribution in [0.3, 0.4) is 0 Å². The molecule has 0 spiro atoms. The number of nitrogens with zero attached hydrogens (tertiary/aromatic N) is 4. The fraction of sp³-hybridized carbons (Fsp3) is 0.188. The van der Waals surface area contributed by atoms with Crippen LogP contribution in [0.4, 0.5) is 0 Å². The number of pyridine rings is 1. The largest absolute Gasteiger partial charge is 0.310 e. The minimum absolute atomic E-state index is 0.220. The first kappa shape index (κ1) is 12.5. The first-order valence-electron chi connectivity index (χ1n) is 6.67. The van der Waals surface area contributed by atoms with E-state index in [1.54, 1.807) is 12.5 Å². The molecule has 0 saturated carbocycles. The molecule has 1 aromatic carbocycles. The SMILES string of the molecule is C[C@@H](c1ccccc1)n1cnnc1Cc1cccnc1. The average molecular weight is 264 g/mol. The molecule has 0 aliphatic rings. The van der Waals surface area contributed by atoms with Crippen molar-refractivity contribution in [3.63, 3.8) is 0 Å². The molecule has 0 aliphatic heterocycles. The van der Waals surface area contributed by atoms with Gasteiger partial charge in [-0.1, -0.05) is 36.4 Å². The van der Waals surface area contributed by atoms with E-state index in [9.17, 15) is 0 Å². The van der Waals surface area contributed by atoms with Crippen molar-refractivity contribution in [3.8, 4) is 0 Å². The number of aromatic nitrogens is 4. The van der Waals surface area contributed by atoms with Crippen molar-refractivity contribution in [2.24, 2.45) is 0 Å². The van der Waals surface area contributed by atoms with Gasteiger partial charge in [-0.3, -0.25) is 4.98 Å². The maximum absolute atomic E-state index is 4.24. The molecule has 20 heavy (non-hydrogen) atoms. The second-order valence-electron chi connectivity index (χ2n) is 4.78. The van der Waals surface area contributed by atoms with E-state index in [-0.39, 0.29) is 6.04 Å². The molecule has 1 atom stereocenters. The summed E-state index contributed by atoms with van der Waals surface area (Å²) in [5, 5.41) is 8.30. The van der Waals surface area contributed by atoms with E-state index in [0.29, 0.717) is 0 Å². The summed E-state index contributed by atoms with van der Waals surface area (Å²) in [4.78, 5) is 4.14. The smallest absolute Gasteiger partial charge is 0.137 e. The van der Waals surface area contributed by atoms with Crippen LogP contribution in [0.1, 0.15) is 29.9 Å². The van der Waals surface area contributed by atoms with E-state index in [1.165, 1.54) is 5.56 Å². The molecule has 3 rings (SSSR count). The Kier molecular flexibility index (Phi) is 3.54. The molecule has 0 radical (unpaired) electrons. The Hall–Kier alpha value is -2.49. The highest BCUT2D eigenvalue weighted by Gasteiger charge is 2.13. The summed E-state index contributed by atoms with van der Waals surface area (Å²) in [6.07, 6.45) is 6.18. The van der Waals surface area contributed by atoms with Crippen LogP contribution in [0.2, 0.25) is 0 Å². The quantitative estimate of drug-likeness (QED) is 0.727. The number of benzene rings is 1.